The molecule has 0 bridgehead atoms. The van der Waals surface area contributed by atoms with Crippen molar-refractivity contribution < 1.29 is 23.5 Å². The number of aryl methyl sites for hydroxylation is 1. The lowest BCUT2D eigenvalue weighted by Crippen LogP contribution is -2.57. The second-order valence-electron chi connectivity index (χ2n) is 10.1. The van der Waals surface area contributed by atoms with E-state index in [1.54, 1.807) is 38.5 Å². The van der Waals surface area contributed by atoms with Gasteiger partial charge in [-0.15, -0.1) is 0 Å². The van der Waals surface area contributed by atoms with Crippen LogP contribution in [0.15, 0.2) is 18.2 Å². The summed E-state index contributed by atoms with van der Waals surface area (Å²) >= 11 is 0. The van der Waals surface area contributed by atoms with Crippen molar-refractivity contribution in [3.05, 3.63) is 52.1 Å². The third-order valence-corrected chi connectivity index (χ3v) is 7.56. The van der Waals surface area contributed by atoms with Gasteiger partial charge in [-0.25, -0.2) is 4.39 Å². The molecule has 1 aliphatic carbocycles. The van der Waals surface area contributed by atoms with Crippen molar-refractivity contribution in [2.45, 2.75) is 52.0 Å². The second-order valence-corrected chi connectivity index (χ2v) is 10.1. The highest BCUT2D eigenvalue weighted by Crippen LogP contribution is 2.31. The molecule has 1 aromatic carbocycles. The monoisotopic (exact) mass is 498 g/mol. The fourth-order valence-electron chi connectivity index (χ4n) is 5.52. The Labute approximate surface area is 211 Å². The molecule has 9 heteroatoms. The van der Waals surface area contributed by atoms with Crippen LogP contribution in [0.1, 0.15) is 63.4 Å². The lowest BCUT2D eigenvalue weighted by molar-refractivity contribution is -0.119. The number of nitrogens with one attached hydrogen (secondary N) is 2. The van der Waals surface area contributed by atoms with E-state index in [-0.39, 0.29) is 11.5 Å². The summed E-state index contributed by atoms with van der Waals surface area (Å²) < 4.78 is 20.7. The molecule has 2 aromatic rings. The highest BCUT2D eigenvalue weighted by Gasteiger charge is 2.39. The van der Waals surface area contributed by atoms with Gasteiger partial charge in [0.25, 0.3) is 17.6 Å². The van der Waals surface area contributed by atoms with Crippen LogP contribution in [0.2, 0.25) is 0 Å². The van der Waals surface area contributed by atoms with Crippen LogP contribution in [0.4, 0.5) is 10.1 Å². The van der Waals surface area contributed by atoms with Gasteiger partial charge in [0.2, 0.25) is 0 Å². The SMILES string of the molecule is Cc1cc(NC(=O)c2c(C)c(C(=O)C(=O)NC3(CN4CCOCC4)CCCC3)n(C)c2C)ccc1F. The summed E-state index contributed by atoms with van der Waals surface area (Å²) in [6.07, 6.45) is 3.68. The number of hydrogen-bond donors (Lipinski definition) is 2. The fourth-order valence-corrected chi connectivity index (χ4v) is 5.52. The zero-order chi connectivity index (χ0) is 26.0. The molecule has 1 saturated carbocycles. The average Bonchev–Trinajstić information content (AvgIpc) is 3.38. The molecule has 1 aromatic heterocycles. The summed E-state index contributed by atoms with van der Waals surface area (Å²) in [5.74, 6) is -2.06. The number of rotatable bonds is 7. The molecule has 2 amide bonds. The molecule has 0 radical (unpaired) electrons. The number of carbonyl (C=O) groups excluding carboxylic acids is 3. The number of carbonyl (C=O) groups is 3. The van der Waals surface area contributed by atoms with Crippen molar-refractivity contribution >= 4 is 23.3 Å². The lowest BCUT2D eigenvalue weighted by atomic mass is 9.95. The minimum atomic E-state index is -0.650. The zero-order valence-corrected chi connectivity index (χ0v) is 21.5. The molecule has 8 nitrogen and oxygen atoms in total. The standard InChI is InChI=1S/C27H35FN4O4/c1-17-15-20(7-8-21(17)28)29-25(34)22-18(2)23(31(4)19(22)3)24(33)26(35)30-27(9-5-6-10-27)16-32-11-13-36-14-12-32/h7-8,15H,5-6,9-14,16H2,1-4H3,(H,29,34)(H,30,35). The minimum absolute atomic E-state index is 0.199. The van der Waals surface area contributed by atoms with Gasteiger partial charge in [-0.3, -0.25) is 19.3 Å². The quantitative estimate of drug-likeness (QED) is 0.452. The van der Waals surface area contributed by atoms with E-state index in [1.165, 1.54) is 12.1 Å². The predicted octanol–water partition coefficient (Wildman–Crippen LogP) is 3.29. The molecule has 0 atom stereocenters. The first-order valence-corrected chi connectivity index (χ1v) is 12.5. The maximum Gasteiger partial charge on any atom is 0.294 e. The van der Waals surface area contributed by atoms with Gasteiger partial charge in [0, 0.05) is 38.1 Å². The molecule has 1 saturated heterocycles. The van der Waals surface area contributed by atoms with E-state index in [1.807, 2.05) is 0 Å². The van der Waals surface area contributed by atoms with Gasteiger partial charge >= 0.3 is 0 Å². The van der Waals surface area contributed by atoms with E-state index in [9.17, 15) is 18.8 Å². The lowest BCUT2D eigenvalue weighted by Gasteiger charge is -2.37. The number of aromatic nitrogens is 1. The molecule has 1 aliphatic heterocycles. The van der Waals surface area contributed by atoms with Crippen molar-refractivity contribution in [3.8, 4) is 0 Å². The number of ether oxygens (including phenoxy) is 1. The molecule has 36 heavy (non-hydrogen) atoms. The molecule has 2 aliphatic rings. The van der Waals surface area contributed by atoms with Crippen molar-refractivity contribution in [1.82, 2.24) is 14.8 Å². The Kier molecular flexibility index (Phi) is 7.61. The zero-order valence-electron chi connectivity index (χ0n) is 21.5. The first-order valence-electron chi connectivity index (χ1n) is 12.5. The Hall–Kier alpha value is -3.04. The number of hydrogen-bond acceptors (Lipinski definition) is 5. The van der Waals surface area contributed by atoms with Crippen molar-refractivity contribution in [3.63, 3.8) is 0 Å². The number of morpholine rings is 1. The molecule has 2 N–H and O–H groups in total. The molecule has 194 valence electrons. The van der Waals surface area contributed by atoms with E-state index >= 15 is 0 Å². The Balaban J connectivity index is 1.53. The number of amides is 2. The second kappa shape index (κ2) is 10.5. The van der Waals surface area contributed by atoms with Crippen LogP contribution in [-0.2, 0) is 16.6 Å². The summed E-state index contributed by atoms with van der Waals surface area (Å²) in [5, 5.41) is 5.86. The van der Waals surface area contributed by atoms with Crippen molar-refractivity contribution in [2.24, 2.45) is 7.05 Å². The van der Waals surface area contributed by atoms with Crippen LogP contribution >= 0.6 is 0 Å². The van der Waals surface area contributed by atoms with E-state index in [2.05, 4.69) is 15.5 Å². The Morgan fingerprint density at radius 2 is 1.75 bits per heavy atom. The third kappa shape index (κ3) is 5.22. The number of ketones is 1. The highest BCUT2D eigenvalue weighted by molar-refractivity contribution is 6.43. The minimum Gasteiger partial charge on any atom is -0.379 e. The van der Waals surface area contributed by atoms with Gasteiger partial charge < -0.3 is 19.9 Å². The van der Waals surface area contributed by atoms with Gasteiger partial charge in [-0.1, -0.05) is 12.8 Å². The highest BCUT2D eigenvalue weighted by atomic mass is 19.1. The van der Waals surface area contributed by atoms with Gasteiger partial charge in [-0.2, -0.15) is 0 Å². The summed E-state index contributed by atoms with van der Waals surface area (Å²) in [6.45, 7) is 8.71. The molecule has 4 rings (SSSR count). The van der Waals surface area contributed by atoms with Gasteiger partial charge in [0.1, 0.15) is 5.82 Å². The van der Waals surface area contributed by atoms with Gasteiger partial charge in [0.15, 0.2) is 0 Å². The smallest absolute Gasteiger partial charge is 0.294 e. The van der Waals surface area contributed by atoms with Crippen molar-refractivity contribution in [1.29, 1.82) is 0 Å². The topological polar surface area (TPSA) is 92.7 Å². The molecular weight excluding hydrogens is 463 g/mol. The summed E-state index contributed by atoms with van der Waals surface area (Å²) in [5.41, 5.74) is 1.99. The molecule has 2 fully saturated rings. The molecule has 0 unspecified atom stereocenters. The summed E-state index contributed by atoms with van der Waals surface area (Å²) in [4.78, 5) is 42.0. The number of benzene rings is 1. The van der Waals surface area contributed by atoms with E-state index in [0.29, 0.717) is 47.8 Å². The maximum absolute atomic E-state index is 13.6. The van der Waals surface area contributed by atoms with Crippen LogP contribution in [0.3, 0.4) is 0 Å². The molecular formula is C27H35FN4O4. The van der Waals surface area contributed by atoms with Crippen LogP contribution in [0.25, 0.3) is 0 Å². The first-order chi connectivity index (χ1) is 17.1. The molecule has 2 heterocycles. The van der Waals surface area contributed by atoms with E-state index in [4.69, 9.17) is 4.74 Å². The van der Waals surface area contributed by atoms with Gasteiger partial charge in [0.05, 0.1) is 30.0 Å². The van der Waals surface area contributed by atoms with Crippen molar-refractivity contribution in [2.75, 3.05) is 38.2 Å². The number of nitrogens with zero attached hydrogens (tertiary/aromatic N) is 2. The number of Topliss-reactive ketones (excluding diaryl/α,β-unsaturated/α-hetero) is 1. The largest absolute Gasteiger partial charge is 0.379 e. The predicted molar refractivity (Wildman–Crippen MR) is 135 cm³/mol. The van der Waals surface area contributed by atoms with Crippen LogP contribution in [-0.4, -0.2) is 65.5 Å². The van der Waals surface area contributed by atoms with E-state index in [0.717, 1.165) is 38.8 Å². The van der Waals surface area contributed by atoms with Crippen LogP contribution in [0.5, 0.6) is 0 Å². The van der Waals surface area contributed by atoms with Crippen LogP contribution < -0.4 is 10.6 Å². The number of halogens is 1. The first kappa shape index (κ1) is 26.0. The Morgan fingerprint density at radius 1 is 1.08 bits per heavy atom. The van der Waals surface area contributed by atoms with E-state index < -0.39 is 23.1 Å². The fraction of sp³-hybridized carbons (Fsp3) is 0.519. The Morgan fingerprint density at radius 3 is 2.39 bits per heavy atom. The normalized spacial score (nSPS) is 17.7. The third-order valence-electron chi connectivity index (χ3n) is 7.56. The summed E-state index contributed by atoms with van der Waals surface area (Å²) in [7, 11) is 1.68. The Bertz CT molecular complexity index is 1180. The van der Waals surface area contributed by atoms with Crippen LogP contribution in [0, 0.1) is 26.6 Å². The molecule has 0 spiro atoms. The maximum atomic E-state index is 13.6. The van der Waals surface area contributed by atoms with Gasteiger partial charge in [-0.05, 0) is 62.9 Å². The average molecular weight is 499 g/mol. The number of anilines is 1. The summed E-state index contributed by atoms with van der Waals surface area (Å²) in [6, 6.07) is 4.34.